The van der Waals surface area contributed by atoms with E-state index in [0.29, 0.717) is 18.8 Å². The maximum atomic E-state index is 11.8. The number of nitrogens with zero attached hydrogens (tertiary/aromatic N) is 3. The van der Waals surface area contributed by atoms with Crippen LogP contribution in [0.15, 0.2) is 36.4 Å². The first-order valence-corrected chi connectivity index (χ1v) is 11.3. The van der Waals surface area contributed by atoms with E-state index >= 15 is 0 Å². The highest BCUT2D eigenvalue weighted by atomic mass is 16.4. The van der Waals surface area contributed by atoms with Crippen LogP contribution in [0.4, 0.5) is 0 Å². The average Bonchev–Trinajstić information content (AvgIpc) is 3.41. The van der Waals surface area contributed by atoms with Gasteiger partial charge in [-0.05, 0) is 60.3 Å². The summed E-state index contributed by atoms with van der Waals surface area (Å²) in [4.78, 5) is 21.9. The number of hydrogen-bond acceptors (Lipinski definition) is 5. The monoisotopic (exact) mass is 445 g/mol. The van der Waals surface area contributed by atoms with E-state index in [1.165, 1.54) is 0 Å². The number of phenols is 1. The van der Waals surface area contributed by atoms with Crippen LogP contribution in [-0.2, 0) is 24.2 Å². The summed E-state index contributed by atoms with van der Waals surface area (Å²) >= 11 is 0. The molecule has 0 saturated heterocycles. The van der Waals surface area contributed by atoms with E-state index < -0.39 is 12.0 Å². The van der Waals surface area contributed by atoms with Crippen molar-refractivity contribution >= 4 is 16.9 Å². The fraction of sp³-hybridized carbons (Fsp3) is 0.320. The highest BCUT2D eigenvalue weighted by Crippen LogP contribution is 2.33. The number of phenolic OH excluding ortho intramolecular Hbond substituents is 1. The molecular weight excluding hydrogens is 418 g/mol. The van der Waals surface area contributed by atoms with Crippen molar-refractivity contribution in [2.45, 2.75) is 45.7 Å². The number of carboxylic acids is 1. The third-order valence-electron chi connectivity index (χ3n) is 6.42. The standard InChI is InChI=1S/C25H27N5O3/c1-3-9-30-13-21-20(12-22(30)25(32)33)26-24(27-21)23-18-7-5-15(11-19(18)28-29-23)17-8-6-16(31)10-14(17)4-2/h5-8,10-11,22,31H,3-4,9,12-13H2,1-2H3,(H,26,27)(H,28,29)(H,32,33)/t22-/m0/s1. The summed E-state index contributed by atoms with van der Waals surface area (Å²) in [6.45, 7) is 5.40. The third-order valence-corrected chi connectivity index (χ3v) is 6.42. The molecule has 170 valence electrons. The number of imidazole rings is 1. The summed E-state index contributed by atoms with van der Waals surface area (Å²) in [5.41, 5.74) is 6.58. The van der Waals surface area contributed by atoms with Gasteiger partial charge in [0.1, 0.15) is 17.5 Å². The zero-order chi connectivity index (χ0) is 23.1. The highest BCUT2D eigenvalue weighted by molar-refractivity contribution is 5.94. The van der Waals surface area contributed by atoms with E-state index in [4.69, 9.17) is 4.98 Å². The van der Waals surface area contributed by atoms with Crippen LogP contribution in [0.1, 0.15) is 37.2 Å². The van der Waals surface area contributed by atoms with Crippen LogP contribution in [0.3, 0.4) is 0 Å². The van der Waals surface area contributed by atoms with Crippen molar-refractivity contribution in [3.05, 3.63) is 53.3 Å². The Morgan fingerprint density at radius 1 is 1.21 bits per heavy atom. The highest BCUT2D eigenvalue weighted by Gasteiger charge is 2.33. The predicted octanol–water partition coefficient (Wildman–Crippen LogP) is 4.11. The minimum atomic E-state index is -0.808. The molecule has 1 aliphatic heterocycles. The number of aryl methyl sites for hydroxylation is 1. The number of carbonyl (C=O) groups is 1. The summed E-state index contributed by atoms with van der Waals surface area (Å²) in [6.07, 6.45) is 2.10. The SMILES string of the molecule is CCCN1Cc2[nH]c(-c3n[nH]c4cc(-c5ccc(O)cc5CC)ccc34)nc2C[C@H]1C(=O)O. The number of aliphatic carboxylic acids is 1. The van der Waals surface area contributed by atoms with Crippen LogP contribution in [-0.4, -0.2) is 53.8 Å². The fourth-order valence-corrected chi connectivity index (χ4v) is 4.77. The van der Waals surface area contributed by atoms with Crippen molar-refractivity contribution in [3.8, 4) is 28.4 Å². The summed E-state index contributed by atoms with van der Waals surface area (Å²) in [5, 5.41) is 28.1. The van der Waals surface area contributed by atoms with Crippen LogP contribution in [0.2, 0.25) is 0 Å². The number of rotatable bonds is 6. The quantitative estimate of drug-likeness (QED) is 0.355. The molecule has 0 saturated carbocycles. The number of carboxylic acid groups (broad SMARTS) is 1. The van der Waals surface area contributed by atoms with E-state index in [2.05, 4.69) is 41.2 Å². The number of benzene rings is 2. The van der Waals surface area contributed by atoms with Crippen LogP contribution in [0.5, 0.6) is 5.75 Å². The van der Waals surface area contributed by atoms with Gasteiger partial charge in [0.05, 0.1) is 16.9 Å². The molecule has 3 heterocycles. The second-order valence-electron chi connectivity index (χ2n) is 8.57. The largest absolute Gasteiger partial charge is 0.508 e. The van der Waals surface area contributed by atoms with E-state index in [1.807, 2.05) is 17.0 Å². The van der Waals surface area contributed by atoms with Gasteiger partial charge in [0.15, 0.2) is 5.82 Å². The molecule has 8 nitrogen and oxygen atoms in total. The van der Waals surface area contributed by atoms with Gasteiger partial charge in [-0.25, -0.2) is 4.98 Å². The molecule has 33 heavy (non-hydrogen) atoms. The zero-order valence-corrected chi connectivity index (χ0v) is 18.7. The Labute approximate surface area is 191 Å². The smallest absolute Gasteiger partial charge is 0.321 e. The lowest BCUT2D eigenvalue weighted by molar-refractivity contribution is -0.144. The van der Waals surface area contributed by atoms with Crippen molar-refractivity contribution in [2.24, 2.45) is 0 Å². The van der Waals surface area contributed by atoms with Gasteiger partial charge in [-0.3, -0.25) is 14.8 Å². The average molecular weight is 446 g/mol. The molecule has 4 N–H and O–H groups in total. The third kappa shape index (κ3) is 3.76. The van der Waals surface area contributed by atoms with Gasteiger partial charge in [0.2, 0.25) is 0 Å². The molecule has 2 aromatic carbocycles. The summed E-state index contributed by atoms with van der Waals surface area (Å²) in [6, 6.07) is 11.0. The molecule has 0 spiro atoms. The van der Waals surface area contributed by atoms with Crippen molar-refractivity contribution in [1.29, 1.82) is 0 Å². The van der Waals surface area contributed by atoms with Gasteiger partial charge < -0.3 is 15.2 Å². The van der Waals surface area contributed by atoms with Crippen LogP contribution in [0, 0.1) is 0 Å². The lowest BCUT2D eigenvalue weighted by Gasteiger charge is -2.31. The molecule has 4 aromatic rings. The molecule has 8 heteroatoms. The Kier molecular flexibility index (Phi) is 5.38. The normalized spacial score (nSPS) is 16.2. The van der Waals surface area contributed by atoms with E-state index in [0.717, 1.165) is 64.1 Å². The summed E-state index contributed by atoms with van der Waals surface area (Å²) in [7, 11) is 0. The van der Waals surface area contributed by atoms with E-state index in [1.54, 1.807) is 12.1 Å². The Morgan fingerprint density at radius 3 is 2.82 bits per heavy atom. The van der Waals surface area contributed by atoms with Crippen molar-refractivity contribution in [3.63, 3.8) is 0 Å². The van der Waals surface area contributed by atoms with Crippen molar-refractivity contribution < 1.29 is 15.0 Å². The first-order chi connectivity index (χ1) is 16.0. The predicted molar refractivity (Wildman–Crippen MR) is 126 cm³/mol. The zero-order valence-electron chi connectivity index (χ0n) is 18.7. The molecule has 1 aliphatic rings. The Morgan fingerprint density at radius 2 is 2.06 bits per heavy atom. The molecule has 1 atom stereocenters. The summed E-state index contributed by atoms with van der Waals surface area (Å²) < 4.78 is 0. The van der Waals surface area contributed by atoms with E-state index in [-0.39, 0.29) is 5.75 Å². The molecule has 0 aliphatic carbocycles. The molecule has 0 fully saturated rings. The number of hydrogen-bond donors (Lipinski definition) is 4. The molecule has 5 rings (SSSR count). The first-order valence-electron chi connectivity index (χ1n) is 11.3. The van der Waals surface area contributed by atoms with Crippen LogP contribution >= 0.6 is 0 Å². The van der Waals surface area contributed by atoms with Crippen molar-refractivity contribution in [1.82, 2.24) is 25.1 Å². The van der Waals surface area contributed by atoms with Gasteiger partial charge in [0, 0.05) is 18.4 Å². The first kappa shape index (κ1) is 21.2. The minimum absolute atomic E-state index is 0.268. The fourth-order valence-electron chi connectivity index (χ4n) is 4.77. The minimum Gasteiger partial charge on any atom is -0.508 e. The number of aromatic hydroxyl groups is 1. The molecule has 2 aromatic heterocycles. The number of nitrogens with one attached hydrogen (secondary N) is 2. The topological polar surface area (TPSA) is 118 Å². The molecular formula is C25H27N5O3. The van der Waals surface area contributed by atoms with Crippen LogP contribution in [0.25, 0.3) is 33.5 Å². The lowest BCUT2D eigenvalue weighted by Crippen LogP contribution is -2.45. The maximum absolute atomic E-state index is 11.8. The lowest BCUT2D eigenvalue weighted by atomic mass is 9.97. The number of aromatic amines is 2. The molecule has 0 bridgehead atoms. The van der Waals surface area contributed by atoms with Gasteiger partial charge >= 0.3 is 5.97 Å². The molecule has 0 amide bonds. The Balaban J connectivity index is 1.50. The number of H-pyrrole nitrogens is 2. The number of fused-ring (bicyclic) bond motifs is 2. The summed E-state index contributed by atoms with van der Waals surface area (Å²) in [5.74, 6) is 0.113. The van der Waals surface area contributed by atoms with Crippen LogP contribution < -0.4 is 0 Å². The van der Waals surface area contributed by atoms with Gasteiger partial charge in [-0.15, -0.1) is 0 Å². The number of aromatic nitrogens is 4. The van der Waals surface area contributed by atoms with Gasteiger partial charge in [-0.1, -0.05) is 26.0 Å². The Bertz CT molecular complexity index is 1340. The maximum Gasteiger partial charge on any atom is 0.321 e. The van der Waals surface area contributed by atoms with Gasteiger partial charge in [-0.2, -0.15) is 5.10 Å². The van der Waals surface area contributed by atoms with E-state index in [9.17, 15) is 15.0 Å². The van der Waals surface area contributed by atoms with Gasteiger partial charge in [0.25, 0.3) is 0 Å². The second kappa shape index (κ2) is 8.37. The second-order valence-corrected chi connectivity index (χ2v) is 8.57. The van der Waals surface area contributed by atoms with Crippen molar-refractivity contribution in [2.75, 3.05) is 6.54 Å². The Hall–Kier alpha value is -3.65. The molecule has 0 unspecified atom stereocenters. The molecule has 0 radical (unpaired) electrons.